The Hall–Kier alpha value is -0.423. The summed E-state index contributed by atoms with van der Waals surface area (Å²) in [7, 11) is 0. The third kappa shape index (κ3) is 4.44. The zero-order valence-corrected chi connectivity index (χ0v) is 22.1. The van der Waals surface area contributed by atoms with Crippen molar-refractivity contribution in [3.63, 3.8) is 0 Å². The van der Waals surface area contributed by atoms with Crippen LogP contribution in [-0.2, 0) is 25.7 Å². The van der Waals surface area contributed by atoms with Gasteiger partial charge < -0.3 is 24.8 Å². The molecule has 0 atom stereocenters. The Balaban J connectivity index is 0.00000131. The molecule has 6 heteroatoms. The Bertz CT molecular complexity index is 750. The van der Waals surface area contributed by atoms with E-state index in [4.69, 9.17) is 0 Å². The standard InChI is InChI=1S/C13H9.C6H11NO.C2H7Si.2ClH.Hf/c1-3-7-12-10(5-1)9-11-6-2-4-8-13(11)12;7-6(8)5-3-1-2-4-5;1-3-2;;;/h1-9H;5H,1-4H2,(H2,7,8);3H,1-2H3;2*1H;/q;;;;;+3/p-3. The van der Waals surface area contributed by atoms with Crippen molar-refractivity contribution < 1.29 is 50.5 Å². The van der Waals surface area contributed by atoms with Crippen LogP contribution in [0, 0.1) is 5.92 Å². The maximum absolute atomic E-state index is 12.9. The molecule has 2 nitrogen and oxygen atoms in total. The molecule has 1 amide bonds. The summed E-state index contributed by atoms with van der Waals surface area (Å²) in [4.78, 5) is 12.9. The van der Waals surface area contributed by atoms with Crippen molar-refractivity contribution in [1.29, 1.82) is 0 Å². The fourth-order valence-corrected chi connectivity index (χ4v) is 26.3. The average Bonchev–Trinajstić information content (AvgIpc) is 3.26. The first-order valence-corrected chi connectivity index (χ1v) is 22.5. The first-order chi connectivity index (χ1) is 12.2. The number of benzene rings is 2. The average molecular weight is 586 g/mol. The molecule has 0 radical (unpaired) electrons. The van der Waals surface area contributed by atoms with Crippen LogP contribution in [0.4, 0.5) is 0 Å². The van der Waals surface area contributed by atoms with Crippen molar-refractivity contribution in [2.75, 3.05) is 0 Å². The van der Waals surface area contributed by atoms with Crippen LogP contribution in [0.25, 0.3) is 11.1 Å². The van der Waals surface area contributed by atoms with Gasteiger partial charge in [-0.15, -0.1) is 0 Å². The van der Waals surface area contributed by atoms with Crippen LogP contribution in [0.1, 0.15) is 40.5 Å². The number of fused-ring (bicyclic) bond motifs is 3. The van der Waals surface area contributed by atoms with E-state index in [0.29, 0.717) is 15.5 Å². The first-order valence-electron chi connectivity index (χ1n) is 9.52. The van der Waals surface area contributed by atoms with E-state index >= 15 is 0 Å². The maximum Gasteiger partial charge on any atom is -1.00 e. The van der Waals surface area contributed by atoms with Crippen molar-refractivity contribution >= 4 is 11.9 Å². The zero-order valence-electron chi connectivity index (χ0n) is 15.8. The SMILES string of the molecule is C[SiH](C)[Hf+2]([NH]C(=O)C1CCCC1)[CH]1c2ccccc2-c2ccccc21.[Cl-].[Cl-]. The molecule has 0 spiro atoms. The Kier molecular flexibility index (Phi) is 8.35. The molecule has 1 N–H and O–H groups in total. The van der Waals surface area contributed by atoms with Crippen molar-refractivity contribution in [3.05, 3.63) is 59.7 Å². The minimum absolute atomic E-state index is 0. The second kappa shape index (κ2) is 9.86. The molecule has 4 rings (SSSR count). The molecule has 2 aliphatic rings. The fourth-order valence-electron chi connectivity index (χ4n) is 4.47. The minimum atomic E-state index is -2.31. The predicted molar refractivity (Wildman–Crippen MR) is 103 cm³/mol. The topological polar surface area (TPSA) is 29.1 Å². The number of carbonyl (C=O) groups excluding carboxylic acids is 1. The van der Waals surface area contributed by atoms with Gasteiger partial charge in [0.15, 0.2) is 0 Å². The Morgan fingerprint density at radius 3 is 1.89 bits per heavy atom. The number of rotatable bonds is 4. The maximum atomic E-state index is 12.9. The summed E-state index contributed by atoms with van der Waals surface area (Å²) in [5.74, 6) is -0.192. The summed E-state index contributed by atoms with van der Waals surface area (Å²) in [5, 5.41) is 0. The third-order valence-corrected chi connectivity index (χ3v) is 30.7. The van der Waals surface area contributed by atoms with Crippen LogP contribution in [0.15, 0.2) is 48.5 Å². The number of hydrogen-bond donors (Lipinski definition) is 1. The summed E-state index contributed by atoms with van der Waals surface area (Å²) in [6.45, 7) is 4.92. The van der Waals surface area contributed by atoms with Crippen LogP contribution in [-0.4, -0.2) is 11.9 Å². The number of amides is 1. The van der Waals surface area contributed by atoms with Gasteiger partial charge in [0.25, 0.3) is 0 Å². The smallest absolute Gasteiger partial charge is 1.00 e. The monoisotopic (exact) mass is 586 g/mol. The summed E-state index contributed by atoms with van der Waals surface area (Å²) in [6.07, 6.45) is 4.66. The molecule has 2 aliphatic carbocycles. The normalized spacial score (nSPS) is 15.5. The fraction of sp³-hybridized carbons (Fsp3) is 0.381. The van der Waals surface area contributed by atoms with Crippen molar-refractivity contribution in [2.45, 2.75) is 42.5 Å². The molecule has 0 saturated heterocycles. The summed E-state index contributed by atoms with van der Waals surface area (Å²) in [6, 6.07) is 17.8. The second-order valence-corrected chi connectivity index (χ2v) is 33.8. The van der Waals surface area contributed by atoms with Crippen LogP contribution in [0.3, 0.4) is 0 Å². The number of nitrogens with one attached hydrogen (secondary N) is 1. The Morgan fingerprint density at radius 1 is 0.926 bits per heavy atom. The van der Waals surface area contributed by atoms with Crippen LogP contribution >= 0.6 is 0 Å². The minimum Gasteiger partial charge on any atom is -1.00 e. The molecular formula is C21H26Cl2HfNOSi. The molecule has 1 saturated carbocycles. The van der Waals surface area contributed by atoms with Crippen molar-refractivity contribution in [2.24, 2.45) is 5.92 Å². The molecule has 2 aromatic rings. The van der Waals surface area contributed by atoms with Gasteiger partial charge in [-0.3, -0.25) is 0 Å². The first kappa shape index (κ1) is 22.9. The quantitative estimate of drug-likeness (QED) is 0.439. The molecule has 0 heterocycles. The molecule has 27 heavy (non-hydrogen) atoms. The van der Waals surface area contributed by atoms with Gasteiger partial charge in [0.05, 0.1) is 0 Å². The third-order valence-electron chi connectivity index (χ3n) is 5.76. The van der Waals surface area contributed by atoms with E-state index in [1.807, 2.05) is 0 Å². The molecule has 0 aliphatic heterocycles. The van der Waals surface area contributed by atoms with Crippen LogP contribution in [0.5, 0.6) is 0 Å². The summed E-state index contributed by atoms with van der Waals surface area (Å²) < 4.78 is 4.24. The van der Waals surface area contributed by atoms with Crippen molar-refractivity contribution in [1.82, 2.24) is 3.30 Å². The van der Waals surface area contributed by atoms with Crippen LogP contribution in [0.2, 0.25) is 13.1 Å². The molecular weight excluding hydrogens is 560 g/mol. The predicted octanol–water partition coefficient (Wildman–Crippen LogP) is -1.41. The van der Waals surface area contributed by atoms with Gasteiger partial charge in [-0.2, -0.15) is 0 Å². The molecule has 143 valence electrons. The van der Waals surface area contributed by atoms with Gasteiger partial charge in [-0.1, -0.05) is 0 Å². The Labute approximate surface area is 183 Å². The number of hydrogen-bond acceptors (Lipinski definition) is 1. The van der Waals surface area contributed by atoms with Gasteiger partial charge in [-0.25, -0.2) is 0 Å². The largest absolute Gasteiger partial charge is 1.00 e. The summed E-state index contributed by atoms with van der Waals surface area (Å²) in [5.41, 5.74) is 5.77. The van der Waals surface area contributed by atoms with Gasteiger partial charge in [-0.05, 0) is 0 Å². The van der Waals surface area contributed by atoms with E-state index in [1.54, 1.807) is 0 Å². The molecule has 0 aromatic heterocycles. The van der Waals surface area contributed by atoms with Crippen LogP contribution < -0.4 is 28.1 Å². The van der Waals surface area contributed by atoms with Gasteiger partial charge in [0.1, 0.15) is 0 Å². The van der Waals surface area contributed by atoms with E-state index in [1.165, 1.54) is 35.1 Å². The zero-order chi connectivity index (χ0) is 17.4. The van der Waals surface area contributed by atoms with Gasteiger partial charge >= 0.3 is 160 Å². The van der Waals surface area contributed by atoms with E-state index in [9.17, 15) is 4.79 Å². The molecule has 0 bridgehead atoms. The molecule has 2 aromatic carbocycles. The summed E-state index contributed by atoms with van der Waals surface area (Å²) >= 11 is -2.31. The van der Waals surface area contributed by atoms with E-state index in [0.717, 1.165) is 12.8 Å². The molecule has 1 fully saturated rings. The molecule has 0 unspecified atom stereocenters. The second-order valence-electron chi connectivity index (χ2n) is 7.69. The Morgan fingerprint density at radius 2 is 1.41 bits per heavy atom. The van der Waals surface area contributed by atoms with E-state index < -0.39 is 26.9 Å². The van der Waals surface area contributed by atoms with Gasteiger partial charge in [0, 0.05) is 0 Å². The van der Waals surface area contributed by atoms with Gasteiger partial charge in [0.2, 0.25) is 0 Å². The number of carbonyl (C=O) groups is 1. The van der Waals surface area contributed by atoms with E-state index in [2.05, 4.69) is 64.9 Å². The van der Waals surface area contributed by atoms with Crippen molar-refractivity contribution in [3.8, 4) is 11.1 Å². The van der Waals surface area contributed by atoms with E-state index in [-0.39, 0.29) is 24.8 Å². The number of halogens is 2.